The van der Waals surface area contributed by atoms with Crippen molar-refractivity contribution in [2.75, 3.05) is 0 Å². The molecule has 1 unspecified atom stereocenters. The number of allylic oxidation sites excluding steroid dienone is 2. The number of nitrogens with zero attached hydrogens (tertiary/aromatic N) is 5. The molecule has 0 N–H and O–H groups in total. The zero-order chi connectivity index (χ0) is 23.3. The van der Waals surface area contributed by atoms with Crippen molar-refractivity contribution in [3.05, 3.63) is 53.4 Å². The number of alkyl halides is 5. The highest BCUT2D eigenvalue weighted by Crippen LogP contribution is 2.42. The quantitative estimate of drug-likeness (QED) is 0.487. The molecule has 4 rings (SSSR count). The standard InChI is InChI=1S/C21H20F5N5O/c1-19(10-8-12(9-11-19)15-27-18(32-30-15)20(2,22)23)17-29-28-16(31(17)3)13-6-4-5-7-14(13)21(24,25)26/h4-8H,9-11H2,1-3H3. The highest BCUT2D eigenvalue weighted by atomic mass is 19.4. The van der Waals surface area contributed by atoms with Gasteiger partial charge in [-0.25, -0.2) is 0 Å². The second-order valence-electron chi connectivity index (χ2n) is 8.26. The maximum atomic E-state index is 13.5. The summed E-state index contributed by atoms with van der Waals surface area (Å²) >= 11 is 0. The molecule has 3 aromatic rings. The molecule has 0 bridgehead atoms. The van der Waals surface area contributed by atoms with Crippen LogP contribution in [0.4, 0.5) is 22.0 Å². The first kappa shape index (κ1) is 22.1. The second kappa shape index (κ2) is 7.49. The lowest BCUT2D eigenvalue weighted by Gasteiger charge is -2.31. The predicted octanol–water partition coefficient (Wildman–Crippen LogP) is 5.52. The third kappa shape index (κ3) is 3.91. The number of benzene rings is 1. The van der Waals surface area contributed by atoms with Crippen LogP contribution in [0.5, 0.6) is 0 Å². The van der Waals surface area contributed by atoms with Gasteiger partial charge in [-0.15, -0.1) is 10.2 Å². The Morgan fingerprint density at radius 3 is 2.41 bits per heavy atom. The molecule has 32 heavy (non-hydrogen) atoms. The van der Waals surface area contributed by atoms with Crippen molar-refractivity contribution in [3.63, 3.8) is 0 Å². The van der Waals surface area contributed by atoms with Gasteiger partial charge >= 0.3 is 12.1 Å². The van der Waals surface area contributed by atoms with Crippen LogP contribution in [0.1, 0.15) is 56.2 Å². The molecule has 2 heterocycles. The predicted molar refractivity (Wildman–Crippen MR) is 104 cm³/mol. The Morgan fingerprint density at radius 1 is 1.09 bits per heavy atom. The van der Waals surface area contributed by atoms with E-state index in [1.165, 1.54) is 18.2 Å². The fourth-order valence-corrected chi connectivity index (χ4v) is 3.92. The summed E-state index contributed by atoms with van der Waals surface area (Å²) in [6, 6.07) is 5.24. The lowest BCUT2D eigenvalue weighted by atomic mass is 9.75. The van der Waals surface area contributed by atoms with Crippen molar-refractivity contribution in [1.29, 1.82) is 0 Å². The van der Waals surface area contributed by atoms with E-state index < -0.39 is 29.0 Å². The topological polar surface area (TPSA) is 69.6 Å². The van der Waals surface area contributed by atoms with Crippen LogP contribution in [0.3, 0.4) is 0 Å². The molecule has 0 aliphatic heterocycles. The van der Waals surface area contributed by atoms with Crippen molar-refractivity contribution in [3.8, 4) is 11.4 Å². The number of halogens is 5. The third-order valence-electron chi connectivity index (χ3n) is 5.72. The maximum absolute atomic E-state index is 13.5. The summed E-state index contributed by atoms with van der Waals surface area (Å²) in [6.45, 7) is 2.62. The van der Waals surface area contributed by atoms with E-state index in [0.717, 1.165) is 6.07 Å². The monoisotopic (exact) mass is 453 g/mol. The normalized spacial score (nSPS) is 19.8. The van der Waals surface area contributed by atoms with E-state index >= 15 is 0 Å². The first-order chi connectivity index (χ1) is 14.9. The fraction of sp³-hybridized carbons (Fsp3) is 0.429. The molecule has 0 saturated heterocycles. The van der Waals surface area contributed by atoms with Gasteiger partial charge in [-0.3, -0.25) is 0 Å². The Hall–Kier alpha value is -3.11. The van der Waals surface area contributed by atoms with E-state index in [0.29, 0.717) is 37.6 Å². The largest absolute Gasteiger partial charge is 0.417 e. The second-order valence-corrected chi connectivity index (χ2v) is 8.26. The van der Waals surface area contributed by atoms with Gasteiger partial charge in [0.15, 0.2) is 11.6 Å². The fourth-order valence-electron chi connectivity index (χ4n) is 3.92. The lowest BCUT2D eigenvalue weighted by molar-refractivity contribution is -0.137. The van der Waals surface area contributed by atoms with Crippen molar-refractivity contribution >= 4 is 5.57 Å². The summed E-state index contributed by atoms with van der Waals surface area (Å²) in [6.07, 6.45) is -1.22. The van der Waals surface area contributed by atoms with Crippen LogP contribution in [0, 0.1) is 0 Å². The lowest BCUT2D eigenvalue weighted by Crippen LogP contribution is -2.28. The minimum Gasteiger partial charge on any atom is -0.332 e. The molecule has 6 nitrogen and oxygen atoms in total. The van der Waals surface area contributed by atoms with Crippen LogP contribution in [0.15, 0.2) is 34.9 Å². The zero-order valence-electron chi connectivity index (χ0n) is 17.5. The molecule has 2 aromatic heterocycles. The van der Waals surface area contributed by atoms with Crippen LogP contribution in [0.2, 0.25) is 0 Å². The molecule has 1 aromatic carbocycles. The Labute approximate surface area is 180 Å². The van der Waals surface area contributed by atoms with Gasteiger partial charge in [-0.05, 0) is 30.9 Å². The van der Waals surface area contributed by atoms with Gasteiger partial charge in [0, 0.05) is 24.9 Å². The smallest absolute Gasteiger partial charge is 0.332 e. The van der Waals surface area contributed by atoms with Crippen molar-refractivity contribution in [2.45, 2.75) is 50.6 Å². The van der Waals surface area contributed by atoms with Crippen LogP contribution in [-0.2, 0) is 24.6 Å². The minimum absolute atomic E-state index is 0.0447. The Bertz CT molecular complexity index is 1170. The highest BCUT2D eigenvalue weighted by molar-refractivity contribution is 5.63. The Morgan fingerprint density at radius 2 is 1.81 bits per heavy atom. The molecule has 0 amide bonds. The summed E-state index contributed by atoms with van der Waals surface area (Å²) in [5.74, 6) is -3.20. The minimum atomic E-state index is -4.52. The molecular weight excluding hydrogens is 433 g/mol. The van der Waals surface area contributed by atoms with Gasteiger partial charge in [-0.2, -0.15) is 26.9 Å². The van der Waals surface area contributed by atoms with Gasteiger partial charge in [0.25, 0.3) is 5.89 Å². The molecule has 0 saturated carbocycles. The molecule has 0 radical (unpaired) electrons. The van der Waals surface area contributed by atoms with Crippen LogP contribution >= 0.6 is 0 Å². The SMILES string of the molecule is Cn1c(-c2ccccc2C(F)(F)F)nnc1C1(C)CC=C(c2noc(C(C)(F)F)n2)CC1. The van der Waals surface area contributed by atoms with E-state index in [1.807, 2.05) is 13.0 Å². The van der Waals surface area contributed by atoms with E-state index in [2.05, 4.69) is 24.9 Å². The molecule has 1 aliphatic carbocycles. The summed E-state index contributed by atoms with van der Waals surface area (Å²) in [5, 5.41) is 11.9. The van der Waals surface area contributed by atoms with Crippen LogP contribution < -0.4 is 0 Å². The molecule has 1 aliphatic rings. The molecule has 0 spiro atoms. The van der Waals surface area contributed by atoms with E-state index in [4.69, 9.17) is 0 Å². The van der Waals surface area contributed by atoms with Crippen LogP contribution in [0.25, 0.3) is 17.0 Å². The molecule has 0 fully saturated rings. The van der Waals surface area contributed by atoms with Crippen LogP contribution in [-0.4, -0.2) is 24.9 Å². The highest BCUT2D eigenvalue weighted by Gasteiger charge is 2.38. The number of rotatable bonds is 4. The maximum Gasteiger partial charge on any atom is 0.417 e. The van der Waals surface area contributed by atoms with E-state index in [1.54, 1.807) is 11.6 Å². The van der Waals surface area contributed by atoms with Crippen molar-refractivity contribution < 1.29 is 26.5 Å². The zero-order valence-corrected chi connectivity index (χ0v) is 17.5. The van der Waals surface area contributed by atoms with Crippen molar-refractivity contribution in [2.24, 2.45) is 7.05 Å². The molecule has 170 valence electrons. The van der Waals surface area contributed by atoms with Gasteiger partial charge in [-0.1, -0.05) is 36.4 Å². The van der Waals surface area contributed by atoms with Gasteiger partial charge in [0.2, 0.25) is 0 Å². The van der Waals surface area contributed by atoms with Gasteiger partial charge < -0.3 is 9.09 Å². The summed E-state index contributed by atoms with van der Waals surface area (Å²) < 4.78 is 73.3. The summed E-state index contributed by atoms with van der Waals surface area (Å²) in [4.78, 5) is 3.78. The number of hydrogen-bond donors (Lipinski definition) is 0. The first-order valence-electron chi connectivity index (χ1n) is 9.88. The van der Waals surface area contributed by atoms with E-state index in [9.17, 15) is 22.0 Å². The third-order valence-corrected chi connectivity index (χ3v) is 5.72. The molecule has 1 atom stereocenters. The van der Waals surface area contributed by atoms with Gasteiger partial charge in [0.05, 0.1) is 5.56 Å². The Kier molecular flexibility index (Phi) is 5.17. The summed E-state index contributed by atoms with van der Waals surface area (Å²) in [5.41, 5.74) is -0.667. The average molecular weight is 453 g/mol. The Balaban J connectivity index is 1.63. The number of hydrogen-bond acceptors (Lipinski definition) is 5. The van der Waals surface area contributed by atoms with Crippen molar-refractivity contribution in [1.82, 2.24) is 24.9 Å². The first-order valence-corrected chi connectivity index (χ1v) is 9.88. The average Bonchev–Trinajstić information content (AvgIpc) is 3.35. The molecule has 11 heteroatoms. The van der Waals surface area contributed by atoms with Gasteiger partial charge in [0.1, 0.15) is 5.82 Å². The molecular formula is C21H20F5N5O. The summed E-state index contributed by atoms with van der Waals surface area (Å²) in [7, 11) is 1.64. The number of aromatic nitrogens is 5. The van der Waals surface area contributed by atoms with E-state index in [-0.39, 0.29) is 17.2 Å².